The summed E-state index contributed by atoms with van der Waals surface area (Å²) >= 11 is 0. The van der Waals surface area contributed by atoms with Gasteiger partial charge >= 0.3 is 0 Å². The lowest BCUT2D eigenvalue weighted by Crippen LogP contribution is -2.47. The molecule has 1 aliphatic heterocycles. The number of amides is 3. The molecule has 1 aromatic rings. The quantitative estimate of drug-likeness (QED) is 0.356. The Labute approximate surface area is 164 Å². The zero-order valence-corrected chi connectivity index (χ0v) is 16.3. The molecule has 2 N–H and O–H groups in total. The summed E-state index contributed by atoms with van der Waals surface area (Å²) in [6.07, 6.45) is 5.31. The van der Waals surface area contributed by atoms with Crippen molar-refractivity contribution in [2.24, 2.45) is 5.92 Å². The van der Waals surface area contributed by atoms with Crippen LogP contribution in [-0.4, -0.2) is 64.6 Å². The van der Waals surface area contributed by atoms with Crippen molar-refractivity contribution in [3.63, 3.8) is 0 Å². The van der Waals surface area contributed by atoms with Gasteiger partial charge in [-0.15, -0.1) is 0 Å². The van der Waals surface area contributed by atoms with Crippen molar-refractivity contribution in [1.82, 2.24) is 14.9 Å². The van der Waals surface area contributed by atoms with E-state index in [4.69, 9.17) is 4.74 Å². The number of unbranched alkanes of at least 4 members (excludes halogenated alkanes) is 1. The van der Waals surface area contributed by atoms with Crippen molar-refractivity contribution in [3.8, 4) is 5.75 Å². The number of carbonyl (C=O) groups excluding carboxylic acids is 3. The number of hydrogen-bond donors (Lipinski definition) is 2. The molecule has 3 amide bonds. The number of nitrogens with one attached hydrogen (secondary N) is 1. The number of ether oxygens (including phenoxy) is 1. The van der Waals surface area contributed by atoms with Crippen LogP contribution >= 0.6 is 0 Å². The summed E-state index contributed by atoms with van der Waals surface area (Å²) in [6.45, 7) is 2.39. The number of rotatable bonds is 10. The van der Waals surface area contributed by atoms with Crippen molar-refractivity contribution in [1.29, 1.82) is 0 Å². The number of methoxy groups -OCH3 is 1. The first-order valence-corrected chi connectivity index (χ1v) is 9.53. The third kappa shape index (κ3) is 5.41. The first-order valence-electron chi connectivity index (χ1n) is 9.53. The minimum Gasteiger partial charge on any atom is -0.493 e. The van der Waals surface area contributed by atoms with Crippen LogP contribution in [0.15, 0.2) is 18.3 Å². The molecule has 0 saturated carbocycles. The molecule has 0 unspecified atom stereocenters. The molecule has 0 aliphatic carbocycles. The van der Waals surface area contributed by atoms with E-state index in [1.54, 1.807) is 23.2 Å². The highest BCUT2D eigenvalue weighted by Gasteiger charge is 2.37. The van der Waals surface area contributed by atoms with Gasteiger partial charge in [-0.05, 0) is 31.4 Å². The summed E-state index contributed by atoms with van der Waals surface area (Å²) in [5.41, 5.74) is 0. The van der Waals surface area contributed by atoms with Gasteiger partial charge in [-0.3, -0.25) is 19.6 Å². The van der Waals surface area contributed by atoms with Gasteiger partial charge in [0.2, 0.25) is 18.2 Å². The molecule has 1 aliphatic rings. The third-order valence-corrected chi connectivity index (χ3v) is 4.86. The van der Waals surface area contributed by atoms with Gasteiger partial charge in [0.1, 0.15) is 6.04 Å². The summed E-state index contributed by atoms with van der Waals surface area (Å²) in [5.74, 6) is -0.352. The van der Waals surface area contributed by atoms with Crippen LogP contribution in [0.25, 0.3) is 0 Å². The Balaban J connectivity index is 2.11. The summed E-state index contributed by atoms with van der Waals surface area (Å²) in [7, 11) is 1.49. The lowest BCUT2D eigenvalue weighted by atomic mass is 9.99. The summed E-state index contributed by atoms with van der Waals surface area (Å²) in [6, 6.07) is 2.77. The monoisotopic (exact) mass is 392 g/mol. The van der Waals surface area contributed by atoms with Crippen LogP contribution in [-0.2, 0) is 14.4 Å². The van der Waals surface area contributed by atoms with Gasteiger partial charge in [-0.1, -0.05) is 19.8 Å². The molecule has 0 aromatic carbocycles. The highest BCUT2D eigenvalue weighted by atomic mass is 16.5. The van der Waals surface area contributed by atoms with Crippen molar-refractivity contribution < 1.29 is 24.3 Å². The third-order valence-electron chi connectivity index (χ3n) is 4.86. The Hall–Kier alpha value is -2.68. The van der Waals surface area contributed by atoms with Gasteiger partial charge in [0.25, 0.3) is 0 Å². The maximum absolute atomic E-state index is 13.0. The lowest BCUT2D eigenvalue weighted by Gasteiger charge is -2.29. The van der Waals surface area contributed by atoms with Crippen LogP contribution in [0.3, 0.4) is 0 Å². The highest BCUT2D eigenvalue weighted by molar-refractivity contribution is 5.98. The Morgan fingerprint density at radius 3 is 3.00 bits per heavy atom. The molecule has 2 rings (SSSR count). The lowest BCUT2D eigenvalue weighted by molar-refractivity contribution is -0.157. The predicted octanol–water partition coefficient (Wildman–Crippen LogP) is 1.67. The van der Waals surface area contributed by atoms with E-state index in [1.165, 1.54) is 7.11 Å². The van der Waals surface area contributed by atoms with Crippen molar-refractivity contribution in [2.45, 2.75) is 45.1 Å². The summed E-state index contributed by atoms with van der Waals surface area (Å²) in [5, 5.41) is 12.8. The Morgan fingerprint density at radius 2 is 2.32 bits per heavy atom. The number of likely N-dealkylation sites (tertiary alicyclic amines) is 1. The molecule has 154 valence electrons. The van der Waals surface area contributed by atoms with E-state index in [1.807, 2.05) is 6.92 Å². The normalized spacial score (nSPS) is 17.1. The fourth-order valence-corrected chi connectivity index (χ4v) is 3.40. The number of aromatic nitrogens is 1. The van der Waals surface area contributed by atoms with E-state index in [0.717, 1.165) is 12.8 Å². The molecule has 9 nitrogen and oxygen atoms in total. The highest BCUT2D eigenvalue weighted by Crippen LogP contribution is 2.25. The van der Waals surface area contributed by atoms with Crippen molar-refractivity contribution >= 4 is 24.0 Å². The minimum atomic E-state index is -0.619. The van der Waals surface area contributed by atoms with E-state index in [-0.39, 0.29) is 24.8 Å². The van der Waals surface area contributed by atoms with E-state index in [0.29, 0.717) is 42.4 Å². The van der Waals surface area contributed by atoms with Gasteiger partial charge in [0.15, 0.2) is 11.6 Å². The van der Waals surface area contributed by atoms with Gasteiger partial charge in [-0.2, -0.15) is 0 Å². The van der Waals surface area contributed by atoms with E-state index >= 15 is 0 Å². The molecule has 0 spiro atoms. The summed E-state index contributed by atoms with van der Waals surface area (Å²) in [4.78, 5) is 42.3. The average Bonchev–Trinajstić information content (AvgIpc) is 3.20. The van der Waals surface area contributed by atoms with Crippen LogP contribution in [0.5, 0.6) is 5.75 Å². The molecule has 0 radical (unpaired) electrons. The molecule has 0 bridgehead atoms. The fourth-order valence-electron chi connectivity index (χ4n) is 3.40. The second kappa shape index (κ2) is 10.6. The standard InChI is InChI=1S/C19H28N4O5/c1-3-4-7-14(12-22(27)13-24)19(26)23-11-6-8-15(23)18(25)21-17-16(28-2)9-5-10-20-17/h5,9-10,13-15,27H,3-4,6-8,11-12H2,1-2H3,(H,20,21,25)/t14-,15+/m1/s1. The number of carbonyl (C=O) groups is 3. The van der Waals surface area contributed by atoms with E-state index < -0.39 is 12.0 Å². The molecule has 9 heteroatoms. The molecule has 1 aromatic heterocycles. The fraction of sp³-hybridized carbons (Fsp3) is 0.579. The molecule has 1 fully saturated rings. The van der Waals surface area contributed by atoms with Crippen LogP contribution in [0, 0.1) is 5.92 Å². The number of anilines is 1. The molecule has 2 atom stereocenters. The molecule has 1 saturated heterocycles. The van der Waals surface area contributed by atoms with Gasteiger partial charge < -0.3 is 15.0 Å². The van der Waals surface area contributed by atoms with E-state index in [2.05, 4.69) is 10.3 Å². The average molecular weight is 392 g/mol. The Morgan fingerprint density at radius 1 is 1.54 bits per heavy atom. The molecular formula is C19H28N4O5. The Kier molecular flexibility index (Phi) is 8.19. The largest absolute Gasteiger partial charge is 0.493 e. The molecular weight excluding hydrogens is 364 g/mol. The topological polar surface area (TPSA) is 112 Å². The van der Waals surface area contributed by atoms with Gasteiger partial charge in [0.05, 0.1) is 19.6 Å². The predicted molar refractivity (Wildman–Crippen MR) is 102 cm³/mol. The van der Waals surface area contributed by atoms with Crippen LogP contribution in [0.2, 0.25) is 0 Å². The SMILES string of the molecule is CCCC[C@H](CN(O)C=O)C(=O)N1CCC[C@H]1C(=O)Nc1ncccc1OC. The number of pyridine rings is 1. The van der Waals surface area contributed by atoms with Gasteiger partial charge in [0, 0.05) is 12.7 Å². The van der Waals surface area contributed by atoms with Crippen molar-refractivity contribution in [2.75, 3.05) is 25.5 Å². The van der Waals surface area contributed by atoms with Gasteiger partial charge in [-0.25, -0.2) is 10.0 Å². The summed E-state index contributed by atoms with van der Waals surface area (Å²) < 4.78 is 5.20. The number of hydroxylamine groups is 2. The maximum atomic E-state index is 13.0. The minimum absolute atomic E-state index is 0.0821. The molecule has 28 heavy (non-hydrogen) atoms. The first-order chi connectivity index (χ1) is 13.5. The van der Waals surface area contributed by atoms with Crippen LogP contribution in [0.4, 0.5) is 5.82 Å². The van der Waals surface area contributed by atoms with E-state index in [9.17, 15) is 19.6 Å². The zero-order valence-electron chi connectivity index (χ0n) is 16.3. The number of nitrogens with zero attached hydrogens (tertiary/aromatic N) is 3. The first kappa shape index (κ1) is 21.6. The second-order valence-electron chi connectivity index (χ2n) is 6.80. The maximum Gasteiger partial charge on any atom is 0.248 e. The smallest absolute Gasteiger partial charge is 0.248 e. The van der Waals surface area contributed by atoms with Crippen molar-refractivity contribution in [3.05, 3.63) is 18.3 Å². The van der Waals surface area contributed by atoms with Crippen LogP contribution < -0.4 is 10.1 Å². The van der Waals surface area contributed by atoms with Crippen LogP contribution in [0.1, 0.15) is 39.0 Å². The molecule has 2 heterocycles. The number of hydrogen-bond acceptors (Lipinski definition) is 6. The zero-order chi connectivity index (χ0) is 20.5. The second-order valence-corrected chi connectivity index (χ2v) is 6.80. The Bertz CT molecular complexity index is 684.